The third kappa shape index (κ3) is 2.90. The van der Waals surface area contributed by atoms with Gasteiger partial charge in [-0.2, -0.15) is 0 Å². The van der Waals surface area contributed by atoms with Crippen LogP contribution in [0.4, 0.5) is 0 Å². The third-order valence-electron chi connectivity index (χ3n) is 3.09. The summed E-state index contributed by atoms with van der Waals surface area (Å²) in [5.74, 6) is 1.33. The maximum atomic E-state index is 12.3. The summed E-state index contributed by atoms with van der Waals surface area (Å²) in [5, 5.41) is 0. The molecule has 1 fully saturated rings. The molecule has 21 heavy (non-hydrogen) atoms. The lowest BCUT2D eigenvalue weighted by Gasteiger charge is -2.12. The molecule has 2 aliphatic heterocycles. The van der Waals surface area contributed by atoms with Crippen molar-refractivity contribution >= 4 is 40.3 Å². The van der Waals surface area contributed by atoms with E-state index in [1.165, 1.54) is 11.8 Å². The lowest BCUT2D eigenvalue weighted by atomic mass is 10.2. The smallest absolute Gasteiger partial charge is 0.266 e. The number of carbonyl (C=O) groups excluding carboxylic acids is 1. The van der Waals surface area contributed by atoms with Crippen LogP contribution in [0.25, 0.3) is 6.08 Å². The molecule has 0 aliphatic carbocycles. The molecular weight excluding hydrogens is 310 g/mol. The molecule has 0 atom stereocenters. The highest BCUT2D eigenvalue weighted by atomic mass is 32.2. The van der Waals surface area contributed by atoms with Crippen molar-refractivity contribution in [2.24, 2.45) is 0 Å². The summed E-state index contributed by atoms with van der Waals surface area (Å²) < 4.78 is 16.1. The van der Waals surface area contributed by atoms with Crippen molar-refractivity contribution in [3.05, 3.63) is 28.7 Å². The van der Waals surface area contributed by atoms with E-state index in [0.717, 1.165) is 11.3 Å². The Morgan fingerprint density at radius 3 is 3.05 bits per heavy atom. The van der Waals surface area contributed by atoms with Gasteiger partial charge in [0.05, 0.1) is 18.1 Å². The molecule has 0 spiro atoms. The zero-order valence-corrected chi connectivity index (χ0v) is 13.0. The zero-order chi connectivity index (χ0) is 14.8. The van der Waals surface area contributed by atoms with Gasteiger partial charge in [-0.1, -0.05) is 30.0 Å². The Morgan fingerprint density at radius 2 is 2.24 bits per heavy atom. The van der Waals surface area contributed by atoms with Crippen LogP contribution < -0.4 is 9.47 Å². The molecule has 1 aromatic rings. The van der Waals surface area contributed by atoms with Crippen LogP contribution in [0.1, 0.15) is 5.56 Å². The van der Waals surface area contributed by atoms with Crippen molar-refractivity contribution in [3.63, 3.8) is 0 Å². The van der Waals surface area contributed by atoms with E-state index in [1.54, 1.807) is 12.0 Å². The second-order valence-electron chi connectivity index (χ2n) is 4.44. The standard InChI is InChI=1S/C14H13NO4S2/c1-17-5-4-15-13(16)12(21-14(15)20)7-9-2-3-10-11(6-9)19-8-18-10/h2-3,6-7H,4-5,8H2,1H3/b12-7+. The topological polar surface area (TPSA) is 48.0 Å². The molecule has 110 valence electrons. The largest absolute Gasteiger partial charge is 0.454 e. The van der Waals surface area contributed by atoms with Crippen molar-refractivity contribution < 1.29 is 19.0 Å². The predicted octanol–water partition coefficient (Wildman–Crippen LogP) is 2.26. The molecule has 0 bridgehead atoms. The second-order valence-corrected chi connectivity index (χ2v) is 6.11. The number of rotatable bonds is 4. The predicted molar refractivity (Wildman–Crippen MR) is 84.3 cm³/mol. The molecule has 3 rings (SSSR count). The summed E-state index contributed by atoms with van der Waals surface area (Å²) in [5.41, 5.74) is 0.881. The number of thiocarbonyl (C=S) groups is 1. The van der Waals surface area contributed by atoms with Gasteiger partial charge < -0.3 is 14.2 Å². The van der Waals surface area contributed by atoms with Crippen LogP contribution >= 0.6 is 24.0 Å². The van der Waals surface area contributed by atoms with Crippen LogP contribution in [0.5, 0.6) is 11.5 Å². The van der Waals surface area contributed by atoms with E-state index in [-0.39, 0.29) is 12.7 Å². The van der Waals surface area contributed by atoms with E-state index in [9.17, 15) is 4.79 Å². The van der Waals surface area contributed by atoms with Crippen LogP contribution in [-0.2, 0) is 9.53 Å². The number of hydrogen-bond acceptors (Lipinski definition) is 6. The summed E-state index contributed by atoms with van der Waals surface area (Å²) in [6.07, 6.45) is 1.81. The average molecular weight is 323 g/mol. The van der Waals surface area contributed by atoms with Gasteiger partial charge in [0.2, 0.25) is 6.79 Å². The maximum absolute atomic E-state index is 12.3. The molecule has 1 aromatic carbocycles. The minimum atomic E-state index is -0.0836. The molecule has 1 amide bonds. The van der Waals surface area contributed by atoms with E-state index >= 15 is 0 Å². The van der Waals surface area contributed by atoms with Gasteiger partial charge in [0.25, 0.3) is 5.91 Å². The fraction of sp³-hybridized carbons (Fsp3) is 0.286. The summed E-state index contributed by atoms with van der Waals surface area (Å²) in [6.45, 7) is 1.17. The molecular formula is C14H13NO4S2. The van der Waals surface area contributed by atoms with Crippen molar-refractivity contribution in [1.82, 2.24) is 4.90 Å². The Kier molecular flexibility index (Phi) is 4.14. The number of ether oxygens (including phenoxy) is 3. The normalized spacial score (nSPS) is 18.9. The Bertz CT molecular complexity index is 629. The highest BCUT2D eigenvalue weighted by molar-refractivity contribution is 8.26. The number of fused-ring (bicyclic) bond motifs is 1. The first-order chi connectivity index (χ1) is 10.2. The first-order valence-electron chi connectivity index (χ1n) is 6.33. The minimum absolute atomic E-state index is 0.0836. The molecule has 5 nitrogen and oxygen atoms in total. The van der Waals surface area contributed by atoms with Crippen molar-refractivity contribution in [2.45, 2.75) is 0 Å². The van der Waals surface area contributed by atoms with Crippen LogP contribution in [-0.4, -0.2) is 42.2 Å². The van der Waals surface area contributed by atoms with Crippen molar-refractivity contribution in [1.29, 1.82) is 0 Å². The van der Waals surface area contributed by atoms with E-state index in [0.29, 0.717) is 28.1 Å². The number of carbonyl (C=O) groups is 1. The van der Waals surface area contributed by atoms with Gasteiger partial charge in [0.15, 0.2) is 11.5 Å². The SMILES string of the molecule is COCCN1C(=O)/C(=C\c2ccc3c(c2)OCO3)SC1=S. The fourth-order valence-electron chi connectivity index (χ4n) is 2.03. The van der Waals surface area contributed by atoms with Crippen molar-refractivity contribution in [3.8, 4) is 11.5 Å². The van der Waals surface area contributed by atoms with E-state index in [2.05, 4.69) is 0 Å². The number of methoxy groups -OCH3 is 1. The molecule has 0 saturated carbocycles. The summed E-state index contributed by atoms with van der Waals surface area (Å²) in [7, 11) is 1.60. The monoisotopic (exact) mass is 323 g/mol. The third-order valence-corrected chi connectivity index (χ3v) is 4.46. The molecule has 7 heteroatoms. The quantitative estimate of drug-likeness (QED) is 0.626. The lowest BCUT2D eigenvalue weighted by Crippen LogP contribution is -2.31. The molecule has 0 radical (unpaired) electrons. The number of amides is 1. The minimum Gasteiger partial charge on any atom is -0.454 e. The molecule has 0 aromatic heterocycles. The van der Waals surface area contributed by atoms with Crippen molar-refractivity contribution in [2.75, 3.05) is 27.1 Å². The number of hydrogen-bond donors (Lipinski definition) is 0. The van der Waals surface area contributed by atoms with E-state index in [1.807, 2.05) is 24.3 Å². The summed E-state index contributed by atoms with van der Waals surface area (Å²) in [6, 6.07) is 5.57. The maximum Gasteiger partial charge on any atom is 0.266 e. The number of thioether (sulfide) groups is 1. The Morgan fingerprint density at radius 1 is 1.43 bits per heavy atom. The second kappa shape index (κ2) is 6.05. The fourth-order valence-corrected chi connectivity index (χ4v) is 3.34. The summed E-state index contributed by atoms with van der Waals surface area (Å²) >= 11 is 6.53. The van der Waals surface area contributed by atoms with E-state index in [4.69, 9.17) is 26.4 Å². The van der Waals surface area contributed by atoms with Crippen LogP contribution in [0.3, 0.4) is 0 Å². The molecule has 2 heterocycles. The van der Waals surface area contributed by atoms with Crippen LogP contribution in [0.2, 0.25) is 0 Å². The highest BCUT2D eigenvalue weighted by Gasteiger charge is 2.31. The Balaban J connectivity index is 1.80. The van der Waals surface area contributed by atoms with Gasteiger partial charge in [-0.05, 0) is 23.8 Å². The first kappa shape index (κ1) is 14.4. The van der Waals surface area contributed by atoms with Crippen LogP contribution in [0, 0.1) is 0 Å². The number of benzene rings is 1. The Hall–Kier alpha value is -1.57. The molecule has 0 N–H and O–H groups in total. The zero-order valence-electron chi connectivity index (χ0n) is 11.3. The Labute approximate surface area is 131 Å². The van der Waals surface area contributed by atoms with Gasteiger partial charge in [0, 0.05) is 7.11 Å². The van der Waals surface area contributed by atoms with Gasteiger partial charge in [-0.25, -0.2) is 0 Å². The van der Waals surface area contributed by atoms with Gasteiger partial charge in [0.1, 0.15) is 4.32 Å². The lowest BCUT2D eigenvalue weighted by molar-refractivity contribution is -0.122. The van der Waals surface area contributed by atoms with Gasteiger partial charge in [-0.15, -0.1) is 0 Å². The highest BCUT2D eigenvalue weighted by Crippen LogP contribution is 2.36. The van der Waals surface area contributed by atoms with Crippen LogP contribution in [0.15, 0.2) is 23.1 Å². The summed E-state index contributed by atoms with van der Waals surface area (Å²) in [4.78, 5) is 14.5. The van der Waals surface area contributed by atoms with E-state index < -0.39 is 0 Å². The van der Waals surface area contributed by atoms with Gasteiger partial charge in [-0.3, -0.25) is 9.69 Å². The average Bonchev–Trinajstić information content (AvgIpc) is 3.03. The molecule has 0 unspecified atom stereocenters. The first-order valence-corrected chi connectivity index (χ1v) is 7.55. The number of nitrogens with zero attached hydrogens (tertiary/aromatic N) is 1. The molecule has 1 saturated heterocycles. The van der Waals surface area contributed by atoms with Gasteiger partial charge >= 0.3 is 0 Å². The molecule has 2 aliphatic rings.